The van der Waals surface area contributed by atoms with Crippen LogP contribution in [-0.2, 0) is 11.2 Å². The summed E-state index contributed by atoms with van der Waals surface area (Å²) in [5, 5.41) is 28.5. The number of rotatable bonds is 9. The van der Waals surface area contributed by atoms with Gasteiger partial charge in [-0.05, 0) is 41.8 Å². The summed E-state index contributed by atoms with van der Waals surface area (Å²) in [4.78, 5) is 0. The Labute approximate surface area is 159 Å². The molecule has 1 aromatic carbocycles. The molecule has 0 aliphatic carbocycles. The number of hydrogen-bond donors (Lipinski definition) is 3. The molecular weight excluding hydrogens is 419 g/mol. The van der Waals surface area contributed by atoms with E-state index >= 15 is 0 Å². The lowest BCUT2D eigenvalue weighted by Gasteiger charge is -2.12. The summed E-state index contributed by atoms with van der Waals surface area (Å²) in [6.45, 7) is 0.411. The minimum Gasteiger partial charge on any atom is -0.402 e. The number of benzene rings is 1. The van der Waals surface area contributed by atoms with Gasteiger partial charge >= 0.3 is 7.32 Å². The Morgan fingerprint density at radius 3 is 2.80 bits per heavy atom. The van der Waals surface area contributed by atoms with Crippen LogP contribution < -0.4 is 5.73 Å². The van der Waals surface area contributed by atoms with E-state index in [0.717, 1.165) is 0 Å². The summed E-state index contributed by atoms with van der Waals surface area (Å²) >= 11 is 3.21. The zero-order valence-corrected chi connectivity index (χ0v) is 15.7. The van der Waals surface area contributed by atoms with Crippen molar-refractivity contribution in [1.82, 2.24) is 20.2 Å². The average molecular weight is 438 g/mol. The van der Waals surface area contributed by atoms with Crippen LogP contribution in [0.2, 0.25) is 0 Å². The van der Waals surface area contributed by atoms with Gasteiger partial charge in [0.15, 0.2) is 5.82 Å². The molecule has 8 nitrogen and oxygen atoms in total. The Hall–Kier alpha value is -1.11. The molecule has 1 unspecified atom stereocenters. The van der Waals surface area contributed by atoms with E-state index < -0.39 is 13.4 Å². The normalized spacial score (nSPS) is 11.9. The van der Waals surface area contributed by atoms with Gasteiger partial charge < -0.3 is 20.4 Å². The van der Waals surface area contributed by atoms with Crippen LogP contribution in [-0.4, -0.2) is 44.2 Å². The predicted octanol–water partition coefficient (Wildman–Crippen LogP) is 1.20. The van der Waals surface area contributed by atoms with Crippen molar-refractivity contribution in [3.63, 3.8) is 0 Å². The molecule has 1 atom stereocenters. The van der Waals surface area contributed by atoms with Crippen molar-refractivity contribution >= 4 is 35.7 Å². The fraction of sp³-hybridized carbons (Fsp3) is 0.462. The van der Waals surface area contributed by atoms with Gasteiger partial charge in [0, 0.05) is 16.6 Å². The maximum atomic E-state index is 13.9. The van der Waals surface area contributed by atoms with E-state index in [2.05, 4.69) is 36.1 Å². The Morgan fingerprint density at radius 2 is 2.12 bits per heavy atom. The summed E-state index contributed by atoms with van der Waals surface area (Å²) in [6, 6.07) is 4.39. The van der Waals surface area contributed by atoms with Crippen molar-refractivity contribution in [2.24, 2.45) is 5.73 Å². The molecule has 12 heteroatoms. The lowest BCUT2D eigenvalue weighted by atomic mass is 10.1. The van der Waals surface area contributed by atoms with Crippen molar-refractivity contribution in [3.8, 4) is 0 Å². The van der Waals surface area contributed by atoms with E-state index in [0.29, 0.717) is 35.1 Å². The SMILES string of the molecule is Cl.NC(CCCCOB(O)O)c1nnnn1Cc1ccc(Br)cc1F. The fourth-order valence-electron chi connectivity index (χ4n) is 2.19. The number of unbranched alkanes of at least 4 members (excludes halogenated alkanes) is 1. The molecule has 0 fully saturated rings. The second-order valence-corrected chi connectivity index (χ2v) is 6.15. The highest BCUT2D eigenvalue weighted by Crippen LogP contribution is 2.18. The first kappa shape index (κ1) is 21.9. The van der Waals surface area contributed by atoms with E-state index in [9.17, 15) is 4.39 Å². The Kier molecular flexibility index (Phi) is 9.47. The number of tetrazole rings is 1. The van der Waals surface area contributed by atoms with Crippen molar-refractivity contribution in [1.29, 1.82) is 0 Å². The average Bonchev–Trinajstić information content (AvgIpc) is 2.97. The Morgan fingerprint density at radius 1 is 1.36 bits per heavy atom. The van der Waals surface area contributed by atoms with E-state index in [4.69, 9.17) is 15.8 Å². The first-order valence-corrected chi connectivity index (χ1v) is 8.20. The molecule has 4 N–H and O–H groups in total. The van der Waals surface area contributed by atoms with Crippen LogP contribution in [0, 0.1) is 5.82 Å². The molecular formula is C13H19BBrClFN5O3. The molecule has 0 saturated carbocycles. The predicted molar refractivity (Wildman–Crippen MR) is 95.2 cm³/mol. The molecule has 2 rings (SSSR count). The molecule has 0 radical (unpaired) electrons. The number of nitrogens with zero attached hydrogens (tertiary/aromatic N) is 4. The smallest absolute Gasteiger partial charge is 0.402 e. The van der Waals surface area contributed by atoms with Gasteiger partial charge in [-0.15, -0.1) is 17.5 Å². The first-order valence-electron chi connectivity index (χ1n) is 7.40. The molecule has 2 aromatic rings. The summed E-state index contributed by atoms with van der Waals surface area (Å²) in [5.41, 5.74) is 6.56. The van der Waals surface area contributed by atoms with Gasteiger partial charge in [-0.3, -0.25) is 0 Å². The third kappa shape index (κ3) is 6.96. The lowest BCUT2D eigenvalue weighted by molar-refractivity contribution is 0.181. The third-order valence-electron chi connectivity index (χ3n) is 3.40. The summed E-state index contributed by atoms with van der Waals surface area (Å²) < 4.78 is 20.7. The summed E-state index contributed by atoms with van der Waals surface area (Å²) in [7, 11) is -1.76. The second-order valence-electron chi connectivity index (χ2n) is 5.23. The van der Waals surface area contributed by atoms with Gasteiger partial charge in [0.05, 0.1) is 12.6 Å². The zero-order valence-electron chi connectivity index (χ0n) is 13.3. The molecule has 0 amide bonds. The first-order chi connectivity index (χ1) is 11.5. The largest absolute Gasteiger partial charge is 0.633 e. The topological polar surface area (TPSA) is 119 Å². The van der Waals surface area contributed by atoms with Crippen LogP contribution >= 0.6 is 28.3 Å². The molecule has 0 bridgehead atoms. The lowest BCUT2D eigenvalue weighted by Crippen LogP contribution is -2.19. The quantitative estimate of drug-likeness (QED) is 0.398. The van der Waals surface area contributed by atoms with E-state index in [1.807, 2.05) is 0 Å². The summed E-state index contributed by atoms with van der Waals surface area (Å²) in [6.07, 6.45) is 1.91. The van der Waals surface area contributed by atoms with Crippen molar-refractivity contribution < 1.29 is 19.1 Å². The minimum absolute atomic E-state index is 0. The van der Waals surface area contributed by atoms with Crippen LogP contribution in [0.1, 0.15) is 36.7 Å². The molecule has 0 spiro atoms. The molecule has 0 aliphatic rings. The van der Waals surface area contributed by atoms with E-state index in [1.54, 1.807) is 12.1 Å². The Bertz CT molecular complexity index is 666. The number of halogens is 3. The standard InChI is InChI=1S/C13H18BBrFN5O3.ClH/c15-10-5-4-9(11(16)7-10)8-21-13(18-19-20-21)12(17)3-1-2-6-24-14(22)23;/h4-5,7,12,22-23H,1-3,6,8,17H2;1H. The van der Waals surface area contributed by atoms with Crippen LogP contribution in [0.4, 0.5) is 4.39 Å². The number of hydrogen-bond acceptors (Lipinski definition) is 7. The van der Waals surface area contributed by atoms with Crippen molar-refractivity contribution in [2.75, 3.05) is 6.61 Å². The van der Waals surface area contributed by atoms with Crippen molar-refractivity contribution in [3.05, 3.63) is 39.9 Å². The highest BCUT2D eigenvalue weighted by Gasteiger charge is 2.16. The maximum absolute atomic E-state index is 13.9. The molecule has 138 valence electrons. The van der Waals surface area contributed by atoms with Crippen LogP contribution in [0.25, 0.3) is 0 Å². The van der Waals surface area contributed by atoms with Gasteiger partial charge in [0.25, 0.3) is 0 Å². The van der Waals surface area contributed by atoms with Gasteiger partial charge in [-0.25, -0.2) is 9.07 Å². The van der Waals surface area contributed by atoms with Crippen molar-refractivity contribution in [2.45, 2.75) is 31.8 Å². The van der Waals surface area contributed by atoms with E-state index in [1.165, 1.54) is 10.7 Å². The van der Waals surface area contributed by atoms with Gasteiger partial charge in [0.2, 0.25) is 0 Å². The molecule has 25 heavy (non-hydrogen) atoms. The highest BCUT2D eigenvalue weighted by atomic mass is 79.9. The highest BCUT2D eigenvalue weighted by molar-refractivity contribution is 9.10. The van der Waals surface area contributed by atoms with Gasteiger partial charge in [0.1, 0.15) is 5.82 Å². The van der Waals surface area contributed by atoms with Crippen LogP contribution in [0.5, 0.6) is 0 Å². The van der Waals surface area contributed by atoms with Crippen LogP contribution in [0.3, 0.4) is 0 Å². The Balaban J connectivity index is 0.00000312. The maximum Gasteiger partial charge on any atom is 0.633 e. The minimum atomic E-state index is -1.76. The second kappa shape index (κ2) is 10.8. The molecule has 0 aliphatic heterocycles. The zero-order chi connectivity index (χ0) is 17.5. The fourth-order valence-corrected chi connectivity index (χ4v) is 2.52. The van der Waals surface area contributed by atoms with Gasteiger partial charge in [-0.1, -0.05) is 22.0 Å². The molecule has 1 aromatic heterocycles. The molecule has 1 heterocycles. The molecule has 0 saturated heterocycles. The van der Waals surface area contributed by atoms with Gasteiger partial charge in [-0.2, -0.15) is 0 Å². The van der Waals surface area contributed by atoms with E-state index in [-0.39, 0.29) is 31.4 Å². The van der Waals surface area contributed by atoms with Crippen LogP contribution in [0.15, 0.2) is 22.7 Å². The monoisotopic (exact) mass is 437 g/mol. The summed E-state index contributed by atoms with van der Waals surface area (Å²) in [5.74, 6) is 0.125. The number of nitrogens with two attached hydrogens (primary N) is 1. The third-order valence-corrected chi connectivity index (χ3v) is 3.90. The number of aromatic nitrogens is 4.